The molecule has 3 rings (SSSR count). The summed E-state index contributed by atoms with van der Waals surface area (Å²) in [5.41, 5.74) is 0.729. The van der Waals surface area contributed by atoms with Crippen molar-refractivity contribution in [3.05, 3.63) is 24.3 Å². The normalized spacial score (nSPS) is 20.1. The van der Waals surface area contributed by atoms with Crippen molar-refractivity contribution in [1.82, 2.24) is 15.0 Å². The number of sulfonamides is 1. The Bertz CT molecular complexity index is 642. The molecule has 1 saturated heterocycles. The Kier molecular flexibility index (Phi) is 3.53. The van der Waals surface area contributed by atoms with Crippen LogP contribution in [0.4, 0.5) is 0 Å². The van der Waals surface area contributed by atoms with Crippen LogP contribution in [0, 0.1) is 0 Å². The minimum atomic E-state index is -3.49. The summed E-state index contributed by atoms with van der Waals surface area (Å²) in [6.07, 6.45) is 2.12. The Balaban J connectivity index is 1.78. The van der Waals surface area contributed by atoms with Gasteiger partial charge in [-0.1, -0.05) is 12.1 Å². The monoisotopic (exact) mass is 297 g/mol. The molecule has 7 heteroatoms. The first kappa shape index (κ1) is 13.0. The number of rotatable bonds is 4. The number of nitrogens with zero attached hydrogens (tertiary/aromatic N) is 1. The molecule has 0 saturated carbocycles. The van der Waals surface area contributed by atoms with Crippen molar-refractivity contribution in [3.63, 3.8) is 0 Å². The van der Waals surface area contributed by atoms with Crippen LogP contribution in [0.1, 0.15) is 12.8 Å². The molecule has 1 unspecified atom stereocenters. The molecular weight excluding hydrogens is 282 g/mol. The summed E-state index contributed by atoms with van der Waals surface area (Å²) in [5, 5.41) is 3.26. The van der Waals surface area contributed by atoms with Crippen LogP contribution in [0.2, 0.25) is 0 Å². The third kappa shape index (κ3) is 2.79. The highest BCUT2D eigenvalue weighted by molar-refractivity contribution is 7.91. The summed E-state index contributed by atoms with van der Waals surface area (Å²) in [5.74, 6) is 0. The zero-order valence-electron chi connectivity index (χ0n) is 10.3. The van der Waals surface area contributed by atoms with Crippen molar-refractivity contribution in [3.8, 4) is 0 Å². The molecule has 2 heterocycles. The number of nitrogens with one attached hydrogen (secondary N) is 2. The molecule has 1 fully saturated rings. The topological polar surface area (TPSA) is 71.1 Å². The van der Waals surface area contributed by atoms with E-state index in [1.165, 1.54) is 11.3 Å². The van der Waals surface area contributed by atoms with Gasteiger partial charge in [-0.25, -0.2) is 18.1 Å². The number of hydrogen-bond donors (Lipinski definition) is 2. The van der Waals surface area contributed by atoms with E-state index in [0.717, 1.165) is 29.6 Å². The van der Waals surface area contributed by atoms with Gasteiger partial charge in [0.25, 0.3) is 10.0 Å². The number of hydrogen-bond acceptors (Lipinski definition) is 5. The SMILES string of the molecule is O=S(=O)(NCC1CCCN1)c1nc2ccccc2s1. The van der Waals surface area contributed by atoms with Crippen molar-refractivity contribution < 1.29 is 8.42 Å². The molecule has 1 aliphatic rings. The smallest absolute Gasteiger partial charge is 0.267 e. The van der Waals surface area contributed by atoms with Crippen molar-refractivity contribution in [1.29, 1.82) is 0 Å². The Morgan fingerprint density at radius 1 is 1.42 bits per heavy atom. The molecule has 19 heavy (non-hydrogen) atoms. The quantitative estimate of drug-likeness (QED) is 0.893. The van der Waals surface area contributed by atoms with E-state index in [-0.39, 0.29) is 10.4 Å². The van der Waals surface area contributed by atoms with E-state index in [2.05, 4.69) is 15.0 Å². The molecule has 1 aliphatic heterocycles. The molecule has 0 amide bonds. The van der Waals surface area contributed by atoms with E-state index in [0.29, 0.717) is 6.54 Å². The van der Waals surface area contributed by atoms with E-state index in [1.807, 2.05) is 24.3 Å². The average molecular weight is 297 g/mol. The van der Waals surface area contributed by atoms with Gasteiger partial charge in [0, 0.05) is 12.6 Å². The summed E-state index contributed by atoms with van der Waals surface area (Å²) in [6.45, 7) is 1.39. The highest BCUT2D eigenvalue weighted by Gasteiger charge is 2.22. The average Bonchev–Trinajstić information content (AvgIpc) is 3.05. The second-order valence-corrected chi connectivity index (χ2v) is 7.56. The Labute approximate surface area is 116 Å². The van der Waals surface area contributed by atoms with Gasteiger partial charge in [-0.3, -0.25) is 0 Å². The highest BCUT2D eigenvalue weighted by atomic mass is 32.2. The molecule has 1 aromatic carbocycles. The maximum Gasteiger partial charge on any atom is 0.267 e. The van der Waals surface area contributed by atoms with E-state index < -0.39 is 10.0 Å². The van der Waals surface area contributed by atoms with Gasteiger partial charge in [-0.2, -0.15) is 0 Å². The summed E-state index contributed by atoms with van der Waals surface area (Å²) in [7, 11) is -3.49. The molecule has 2 N–H and O–H groups in total. The number of thiazole rings is 1. The van der Waals surface area contributed by atoms with Crippen molar-refractivity contribution in [2.45, 2.75) is 23.2 Å². The first-order valence-electron chi connectivity index (χ1n) is 6.24. The van der Waals surface area contributed by atoms with Crippen LogP contribution in [0.25, 0.3) is 10.2 Å². The second-order valence-electron chi connectivity index (χ2n) is 4.59. The lowest BCUT2D eigenvalue weighted by Gasteiger charge is -2.10. The molecule has 1 atom stereocenters. The summed E-state index contributed by atoms with van der Waals surface area (Å²) >= 11 is 1.20. The minimum absolute atomic E-state index is 0.145. The molecule has 5 nitrogen and oxygen atoms in total. The fourth-order valence-corrected chi connectivity index (χ4v) is 4.51. The predicted octanol–water partition coefficient (Wildman–Crippen LogP) is 1.33. The molecule has 0 bridgehead atoms. The second kappa shape index (κ2) is 5.16. The number of aromatic nitrogens is 1. The first-order valence-corrected chi connectivity index (χ1v) is 8.54. The van der Waals surface area contributed by atoms with Crippen LogP contribution in [-0.4, -0.2) is 32.5 Å². The van der Waals surface area contributed by atoms with E-state index >= 15 is 0 Å². The lowest BCUT2D eigenvalue weighted by Crippen LogP contribution is -2.37. The van der Waals surface area contributed by atoms with Gasteiger partial charge in [0.05, 0.1) is 10.2 Å². The zero-order chi connectivity index (χ0) is 13.3. The Morgan fingerprint density at radius 2 is 2.26 bits per heavy atom. The largest absolute Gasteiger partial charge is 0.313 e. The van der Waals surface area contributed by atoms with Crippen LogP contribution in [0.3, 0.4) is 0 Å². The lowest BCUT2D eigenvalue weighted by atomic mass is 10.2. The third-order valence-corrected chi connectivity index (χ3v) is 6.02. The minimum Gasteiger partial charge on any atom is -0.313 e. The molecule has 2 aromatic rings. The summed E-state index contributed by atoms with van der Waals surface area (Å²) in [6, 6.07) is 7.68. The molecule has 0 spiro atoms. The molecule has 0 radical (unpaired) electrons. The molecule has 102 valence electrons. The van der Waals surface area contributed by atoms with Gasteiger partial charge >= 0.3 is 0 Å². The maximum absolute atomic E-state index is 12.2. The number of para-hydroxylation sites is 1. The standard InChI is InChI=1S/C12H15N3O2S2/c16-19(17,14-8-9-4-3-7-13-9)12-15-10-5-1-2-6-11(10)18-12/h1-2,5-6,9,13-14H,3-4,7-8H2. The first-order chi connectivity index (χ1) is 9.15. The van der Waals surface area contributed by atoms with E-state index in [9.17, 15) is 8.42 Å². The molecular formula is C12H15N3O2S2. The fourth-order valence-electron chi connectivity index (χ4n) is 2.17. The van der Waals surface area contributed by atoms with Crippen LogP contribution in [-0.2, 0) is 10.0 Å². The summed E-state index contributed by atoms with van der Waals surface area (Å²) in [4.78, 5) is 4.18. The van der Waals surface area contributed by atoms with Crippen LogP contribution < -0.4 is 10.0 Å². The zero-order valence-corrected chi connectivity index (χ0v) is 11.9. The van der Waals surface area contributed by atoms with E-state index in [1.54, 1.807) is 0 Å². The maximum atomic E-state index is 12.2. The van der Waals surface area contributed by atoms with Crippen LogP contribution in [0.5, 0.6) is 0 Å². The predicted molar refractivity (Wildman–Crippen MR) is 75.8 cm³/mol. The number of benzene rings is 1. The van der Waals surface area contributed by atoms with Crippen LogP contribution in [0.15, 0.2) is 28.6 Å². The van der Waals surface area contributed by atoms with Gasteiger partial charge in [0.2, 0.25) is 4.34 Å². The van der Waals surface area contributed by atoms with Gasteiger partial charge in [0.15, 0.2) is 0 Å². The van der Waals surface area contributed by atoms with Crippen molar-refractivity contribution >= 4 is 31.6 Å². The Hall–Kier alpha value is -1.02. The fraction of sp³-hybridized carbons (Fsp3) is 0.417. The highest BCUT2D eigenvalue weighted by Crippen LogP contribution is 2.24. The Morgan fingerprint density at radius 3 is 3.00 bits per heavy atom. The van der Waals surface area contributed by atoms with Crippen LogP contribution >= 0.6 is 11.3 Å². The van der Waals surface area contributed by atoms with E-state index in [4.69, 9.17) is 0 Å². The molecule has 0 aliphatic carbocycles. The van der Waals surface area contributed by atoms with Gasteiger partial charge in [0.1, 0.15) is 0 Å². The van der Waals surface area contributed by atoms with Gasteiger partial charge in [-0.15, -0.1) is 11.3 Å². The van der Waals surface area contributed by atoms with Crippen molar-refractivity contribution in [2.24, 2.45) is 0 Å². The summed E-state index contributed by atoms with van der Waals surface area (Å²) < 4.78 is 28.0. The third-order valence-electron chi connectivity index (χ3n) is 3.19. The lowest BCUT2D eigenvalue weighted by molar-refractivity contribution is 0.551. The van der Waals surface area contributed by atoms with Gasteiger partial charge < -0.3 is 5.32 Å². The van der Waals surface area contributed by atoms with Crippen molar-refractivity contribution in [2.75, 3.05) is 13.1 Å². The number of fused-ring (bicyclic) bond motifs is 1. The molecule has 1 aromatic heterocycles. The van der Waals surface area contributed by atoms with Gasteiger partial charge in [-0.05, 0) is 31.5 Å².